The van der Waals surface area contributed by atoms with Crippen molar-refractivity contribution < 1.29 is 9.53 Å². The summed E-state index contributed by atoms with van der Waals surface area (Å²) in [6, 6.07) is 7.10. The highest BCUT2D eigenvalue weighted by atomic mass is 16.5. The molecule has 0 aromatic carbocycles. The highest BCUT2D eigenvalue weighted by Crippen LogP contribution is 2.18. The molecule has 1 aliphatic heterocycles. The van der Waals surface area contributed by atoms with Crippen LogP contribution in [0, 0.1) is 0 Å². The fourth-order valence-electron chi connectivity index (χ4n) is 2.62. The van der Waals surface area contributed by atoms with Crippen LogP contribution in [0.4, 0.5) is 16.3 Å². The highest BCUT2D eigenvalue weighted by molar-refractivity contribution is 5.88. The Labute approximate surface area is 141 Å². The summed E-state index contributed by atoms with van der Waals surface area (Å²) in [6.45, 7) is 2.54. The molecule has 2 N–H and O–H groups in total. The van der Waals surface area contributed by atoms with E-state index in [2.05, 4.69) is 25.5 Å². The van der Waals surface area contributed by atoms with Crippen LogP contribution in [-0.4, -0.2) is 36.2 Å². The maximum atomic E-state index is 12.0. The molecule has 0 radical (unpaired) electrons. The molecule has 126 valence electrons. The first-order valence-electron chi connectivity index (χ1n) is 7.99. The molecule has 2 aromatic rings. The molecule has 7 heteroatoms. The summed E-state index contributed by atoms with van der Waals surface area (Å²) in [7, 11) is 1.55. The van der Waals surface area contributed by atoms with Crippen LogP contribution in [0.3, 0.4) is 0 Å². The number of anilines is 2. The van der Waals surface area contributed by atoms with Crippen LogP contribution in [0.15, 0.2) is 36.7 Å². The Bertz CT molecular complexity index is 684. The molecule has 0 atom stereocenters. The molecule has 0 bridgehead atoms. The minimum absolute atomic E-state index is 0.276. The molecule has 7 nitrogen and oxygen atoms in total. The minimum atomic E-state index is -0.276. The van der Waals surface area contributed by atoms with E-state index in [-0.39, 0.29) is 6.03 Å². The number of hydrogen-bond acceptors (Lipinski definition) is 5. The Kier molecular flexibility index (Phi) is 5.10. The number of aromatic nitrogens is 2. The van der Waals surface area contributed by atoms with Crippen LogP contribution in [0.2, 0.25) is 0 Å². The lowest BCUT2D eigenvalue weighted by Gasteiger charge is -2.17. The first-order valence-corrected chi connectivity index (χ1v) is 7.99. The van der Waals surface area contributed by atoms with Crippen molar-refractivity contribution in [2.75, 3.05) is 30.4 Å². The van der Waals surface area contributed by atoms with Crippen molar-refractivity contribution in [2.45, 2.75) is 19.4 Å². The molecule has 1 saturated heterocycles. The Balaban J connectivity index is 1.52. The number of ether oxygens (including phenoxy) is 1. The smallest absolute Gasteiger partial charge is 0.319 e. The SMILES string of the molecule is COc1ccc(NC(=O)NCc2ccnc(N3CCCC3)c2)cn1. The number of urea groups is 1. The molecule has 24 heavy (non-hydrogen) atoms. The zero-order valence-electron chi connectivity index (χ0n) is 13.7. The van der Waals surface area contributed by atoms with Gasteiger partial charge in [-0.2, -0.15) is 0 Å². The van der Waals surface area contributed by atoms with E-state index >= 15 is 0 Å². The van der Waals surface area contributed by atoms with Gasteiger partial charge in [0, 0.05) is 31.9 Å². The highest BCUT2D eigenvalue weighted by Gasteiger charge is 2.13. The Morgan fingerprint density at radius 1 is 1.25 bits per heavy atom. The number of nitrogens with zero attached hydrogens (tertiary/aromatic N) is 3. The molecule has 2 amide bonds. The Morgan fingerprint density at radius 3 is 2.79 bits per heavy atom. The zero-order chi connectivity index (χ0) is 16.8. The summed E-state index contributed by atoms with van der Waals surface area (Å²) in [5.74, 6) is 1.48. The maximum absolute atomic E-state index is 12.0. The third-order valence-corrected chi connectivity index (χ3v) is 3.90. The lowest BCUT2D eigenvalue weighted by Crippen LogP contribution is -2.28. The summed E-state index contributed by atoms with van der Waals surface area (Å²) < 4.78 is 4.98. The first kappa shape index (κ1) is 16.0. The number of rotatable bonds is 5. The summed E-state index contributed by atoms with van der Waals surface area (Å²) in [6.07, 6.45) is 5.76. The van der Waals surface area contributed by atoms with Gasteiger partial charge in [-0.05, 0) is 36.6 Å². The normalized spacial score (nSPS) is 13.6. The number of amides is 2. The van der Waals surface area contributed by atoms with Crippen molar-refractivity contribution in [2.24, 2.45) is 0 Å². The molecule has 0 unspecified atom stereocenters. The van der Waals surface area contributed by atoms with E-state index < -0.39 is 0 Å². The van der Waals surface area contributed by atoms with Crippen LogP contribution in [0.1, 0.15) is 18.4 Å². The van der Waals surface area contributed by atoms with Crippen LogP contribution in [-0.2, 0) is 6.54 Å². The maximum Gasteiger partial charge on any atom is 0.319 e. The van der Waals surface area contributed by atoms with Gasteiger partial charge in [-0.15, -0.1) is 0 Å². The Morgan fingerprint density at radius 2 is 2.08 bits per heavy atom. The van der Waals surface area contributed by atoms with Crippen molar-refractivity contribution in [1.29, 1.82) is 0 Å². The summed E-state index contributed by atoms with van der Waals surface area (Å²) in [5.41, 5.74) is 1.63. The number of methoxy groups -OCH3 is 1. The predicted octanol–water partition coefficient (Wildman–Crippen LogP) is 2.41. The van der Waals surface area contributed by atoms with Gasteiger partial charge in [-0.3, -0.25) is 0 Å². The standard InChI is InChI=1S/C17H21N5O2/c1-24-16-5-4-14(12-19-16)21-17(23)20-11-13-6-7-18-15(10-13)22-8-2-3-9-22/h4-7,10,12H,2-3,8-9,11H2,1H3,(H2,20,21,23). The van der Waals surface area contributed by atoms with E-state index in [1.165, 1.54) is 12.8 Å². The lowest BCUT2D eigenvalue weighted by molar-refractivity contribution is 0.251. The first-order chi connectivity index (χ1) is 11.7. The van der Waals surface area contributed by atoms with Crippen LogP contribution >= 0.6 is 0 Å². The zero-order valence-corrected chi connectivity index (χ0v) is 13.7. The van der Waals surface area contributed by atoms with Gasteiger partial charge in [0.2, 0.25) is 5.88 Å². The van der Waals surface area contributed by atoms with Crippen molar-refractivity contribution in [3.8, 4) is 5.88 Å². The van der Waals surface area contributed by atoms with Crippen LogP contribution in [0.5, 0.6) is 5.88 Å². The van der Waals surface area contributed by atoms with E-state index in [4.69, 9.17) is 4.74 Å². The van der Waals surface area contributed by atoms with Crippen molar-refractivity contribution >= 4 is 17.5 Å². The molecular weight excluding hydrogens is 306 g/mol. The molecular formula is C17H21N5O2. The lowest BCUT2D eigenvalue weighted by atomic mass is 10.2. The number of pyridine rings is 2. The van der Waals surface area contributed by atoms with Gasteiger partial charge in [0.1, 0.15) is 5.82 Å². The van der Waals surface area contributed by atoms with E-state index in [0.717, 1.165) is 24.5 Å². The predicted molar refractivity (Wildman–Crippen MR) is 92.3 cm³/mol. The largest absolute Gasteiger partial charge is 0.481 e. The third-order valence-electron chi connectivity index (χ3n) is 3.90. The Hall–Kier alpha value is -2.83. The summed E-state index contributed by atoms with van der Waals surface area (Å²) in [5, 5.41) is 5.58. The van der Waals surface area contributed by atoms with Gasteiger partial charge in [0.05, 0.1) is 19.0 Å². The van der Waals surface area contributed by atoms with E-state index in [0.29, 0.717) is 18.1 Å². The number of nitrogens with one attached hydrogen (secondary N) is 2. The van der Waals surface area contributed by atoms with E-state index in [1.54, 1.807) is 31.6 Å². The summed E-state index contributed by atoms with van der Waals surface area (Å²) in [4.78, 5) is 22.7. The molecule has 3 heterocycles. The minimum Gasteiger partial charge on any atom is -0.481 e. The van der Waals surface area contributed by atoms with Crippen LogP contribution in [0.25, 0.3) is 0 Å². The molecule has 2 aromatic heterocycles. The van der Waals surface area contributed by atoms with E-state index in [9.17, 15) is 4.79 Å². The second-order valence-electron chi connectivity index (χ2n) is 5.61. The second-order valence-corrected chi connectivity index (χ2v) is 5.61. The average molecular weight is 327 g/mol. The van der Waals surface area contributed by atoms with Gasteiger partial charge in [0.25, 0.3) is 0 Å². The summed E-state index contributed by atoms with van der Waals surface area (Å²) >= 11 is 0. The van der Waals surface area contributed by atoms with Gasteiger partial charge < -0.3 is 20.3 Å². The van der Waals surface area contributed by atoms with Crippen LogP contribution < -0.4 is 20.3 Å². The molecule has 0 spiro atoms. The fourth-order valence-corrected chi connectivity index (χ4v) is 2.62. The van der Waals surface area contributed by atoms with Gasteiger partial charge in [-0.25, -0.2) is 14.8 Å². The number of carbonyl (C=O) groups is 1. The topological polar surface area (TPSA) is 79.4 Å². The van der Waals surface area contributed by atoms with Crippen molar-refractivity contribution in [3.63, 3.8) is 0 Å². The third kappa shape index (κ3) is 4.13. The second kappa shape index (κ2) is 7.63. The molecule has 3 rings (SSSR count). The van der Waals surface area contributed by atoms with Gasteiger partial charge >= 0.3 is 6.03 Å². The van der Waals surface area contributed by atoms with Crippen molar-refractivity contribution in [3.05, 3.63) is 42.2 Å². The van der Waals surface area contributed by atoms with Gasteiger partial charge in [-0.1, -0.05) is 0 Å². The fraction of sp³-hybridized carbons (Fsp3) is 0.353. The van der Waals surface area contributed by atoms with Crippen molar-refractivity contribution in [1.82, 2.24) is 15.3 Å². The monoisotopic (exact) mass is 327 g/mol. The molecule has 1 aliphatic rings. The molecule has 0 saturated carbocycles. The van der Waals surface area contributed by atoms with Gasteiger partial charge in [0.15, 0.2) is 0 Å². The number of hydrogen-bond donors (Lipinski definition) is 2. The number of carbonyl (C=O) groups excluding carboxylic acids is 1. The molecule has 0 aliphatic carbocycles. The molecule has 1 fully saturated rings. The quantitative estimate of drug-likeness (QED) is 0.881. The van der Waals surface area contributed by atoms with E-state index in [1.807, 2.05) is 12.1 Å². The average Bonchev–Trinajstić information content (AvgIpc) is 3.16.